The lowest BCUT2D eigenvalue weighted by atomic mass is 10.0. The summed E-state index contributed by atoms with van der Waals surface area (Å²) >= 11 is 0. The smallest absolute Gasteiger partial charge is 0.416 e. The average Bonchev–Trinajstić information content (AvgIpc) is 2.53. The molecule has 26 heavy (non-hydrogen) atoms. The van der Waals surface area contributed by atoms with Gasteiger partial charge in [0.1, 0.15) is 0 Å². The molecule has 0 unspecified atom stereocenters. The molecule has 0 aliphatic carbocycles. The van der Waals surface area contributed by atoms with Gasteiger partial charge in [-0.15, -0.1) is 0 Å². The van der Waals surface area contributed by atoms with Gasteiger partial charge in [-0.05, 0) is 30.3 Å². The topological polar surface area (TPSA) is 38.3 Å². The van der Waals surface area contributed by atoms with Crippen LogP contribution in [0.1, 0.15) is 21.5 Å². The fourth-order valence-corrected chi connectivity index (χ4v) is 2.03. The summed E-state index contributed by atoms with van der Waals surface area (Å²) < 4.78 is 95.0. The van der Waals surface area contributed by atoms with Crippen molar-refractivity contribution in [1.29, 1.82) is 0 Å². The molecule has 0 atom stereocenters. The molecular formula is C16H10F7NO2. The molecule has 2 rings (SSSR count). The lowest BCUT2D eigenvalue weighted by Gasteiger charge is -2.14. The number of anilines is 1. The van der Waals surface area contributed by atoms with Crippen molar-refractivity contribution in [2.45, 2.75) is 12.4 Å². The van der Waals surface area contributed by atoms with E-state index in [9.17, 15) is 35.5 Å². The summed E-state index contributed by atoms with van der Waals surface area (Å²) in [5.74, 6) is -2.28. The van der Waals surface area contributed by atoms with Crippen LogP contribution >= 0.6 is 0 Å². The fourth-order valence-electron chi connectivity index (χ4n) is 2.03. The van der Waals surface area contributed by atoms with E-state index in [-0.39, 0.29) is 29.6 Å². The van der Waals surface area contributed by atoms with Crippen molar-refractivity contribution in [3.05, 3.63) is 58.9 Å². The van der Waals surface area contributed by atoms with E-state index in [1.54, 1.807) is 0 Å². The Labute approximate surface area is 142 Å². The molecule has 0 saturated carbocycles. The quantitative estimate of drug-likeness (QED) is 0.750. The molecular weight excluding hydrogens is 371 g/mol. The average molecular weight is 381 g/mol. The van der Waals surface area contributed by atoms with Gasteiger partial charge in [-0.25, -0.2) is 4.39 Å². The maximum Gasteiger partial charge on any atom is 0.416 e. The molecule has 3 nitrogen and oxygen atoms in total. The number of hydrogen-bond donors (Lipinski definition) is 1. The van der Waals surface area contributed by atoms with Crippen LogP contribution in [0, 0.1) is 5.82 Å². The van der Waals surface area contributed by atoms with Gasteiger partial charge in [-0.1, -0.05) is 0 Å². The van der Waals surface area contributed by atoms with Crippen LogP contribution in [-0.4, -0.2) is 13.0 Å². The van der Waals surface area contributed by atoms with E-state index in [0.29, 0.717) is 0 Å². The summed E-state index contributed by atoms with van der Waals surface area (Å²) in [5.41, 5.74) is -4.29. The number of nitrogens with one attached hydrogen (secondary N) is 1. The second-order valence-corrected chi connectivity index (χ2v) is 5.10. The summed E-state index contributed by atoms with van der Waals surface area (Å²) in [6.07, 6.45) is -10.2. The van der Waals surface area contributed by atoms with Crippen LogP contribution in [0.5, 0.6) is 5.75 Å². The van der Waals surface area contributed by atoms with Crippen LogP contribution in [0.15, 0.2) is 36.4 Å². The highest BCUT2D eigenvalue weighted by molar-refractivity contribution is 6.04. The molecule has 0 aliphatic rings. The lowest BCUT2D eigenvalue weighted by molar-refractivity contribution is -0.143. The first-order valence-corrected chi connectivity index (χ1v) is 6.86. The molecule has 0 bridgehead atoms. The third-order valence-electron chi connectivity index (χ3n) is 3.26. The second-order valence-electron chi connectivity index (χ2n) is 5.10. The zero-order valence-electron chi connectivity index (χ0n) is 12.9. The number of amides is 1. The van der Waals surface area contributed by atoms with E-state index in [1.165, 1.54) is 13.2 Å². The van der Waals surface area contributed by atoms with Crippen LogP contribution < -0.4 is 10.1 Å². The molecule has 0 fully saturated rings. The van der Waals surface area contributed by atoms with E-state index >= 15 is 0 Å². The second kappa shape index (κ2) is 6.85. The molecule has 140 valence electrons. The summed E-state index contributed by atoms with van der Waals surface area (Å²) in [4.78, 5) is 12.0. The van der Waals surface area contributed by atoms with Crippen molar-refractivity contribution in [3.63, 3.8) is 0 Å². The van der Waals surface area contributed by atoms with E-state index in [1.807, 2.05) is 5.32 Å². The zero-order valence-corrected chi connectivity index (χ0v) is 12.9. The van der Waals surface area contributed by atoms with Crippen LogP contribution in [0.4, 0.5) is 36.4 Å². The Balaban J connectivity index is 2.40. The predicted molar refractivity (Wildman–Crippen MR) is 77.4 cm³/mol. The third kappa shape index (κ3) is 4.44. The van der Waals surface area contributed by atoms with Gasteiger partial charge in [0.2, 0.25) is 0 Å². The summed E-state index contributed by atoms with van der Waals surface area (Å²) in [6, 6.07) is 3.60. The first-order chi connectivity index (χ1) is 11.9. The van der Waals surface area contributed by atoms with Crippen molar-refractivity contribution in [3.8, 4) is 5.75 Å². The van der Waals surface area contributed by atoms with Crippen LogP contribution in [0.2, 0.25) is 0 Å². The van der Waals surface area contributed by atoms with Gasteiger partial charge in [0.25, 0.3) is 5.91 Å². The Morgan fingerprint density at radius 3 is 1.88 bits per heavy atom. The van der Waals surface area contributed by atoms with Gasteiger partial charge in [0.05, 0.1) is 18.2 Å². The van der Waals surface area contributed by atoms with Crippen LogP contribution in [0.25, 0.3) is 0 Å². The Bertz CT molecular complexity index is 796. The summed E-state index contributed by atoms with van der Waals surface area (Å²) in [7, 11) is 1.19. The van der Waals surface area contributed by atoms with Crippen molar-refractivity contribution in [2.75, 3.05) is 12.4 Å². The van der Waals surface area contributed by atoms with Gasteiger partial charge in [-0.2, -0.15) is 26.3 Å². The molecule has 0 aliphatic heterocycles. The van der Waals surface area contributed by atoms with Crippen molar-refractivity contribution in [1.82, 2.24) is 0 Å². The SMILES string of the molecule is COc1ccc(NC(=O)c2cc(C(F)(F)F)cc(C(F)(F)F)c2)cc1F. The zero-order chi connectivity index (χ0) is 19.7. The Kier molecular flexibility index (Phi) is 5.15. The number of halogens is 7. The Morgan fingerprint density at radius 2 is 1.46 bits per heavy atom. The molecule has 0 saturated heterocycles. The minimum absolute atomic E-state index is 0.0934. The lowest BCUT2D eigenvalue weighted by Crippen LogP contribution is -2.17. The maximum absolute atomic E-state index is 13.6. The number of alkyl halides is 6. The number of methoxy groups -OCH3 is 1. The first-order valence-electron chi connectivity index (χ1n) is 6.86. The van der Waals surface area contributed by atoms with Crippen LogP contribution in [-0.2, 0) is 12.4 Å². The molecule has 0 radical (unpaired) electrons. The van der Waals surface area contributed by atoms with Crippen molar-refractivity contribution < 1.29 is 40.3 Å². The normalized spacial score (nSPS) is 12.0. The molecule has 1 amide bonds. The summed E-state index contributed by atoms with van der Waals surface area (Å²) in [5, 5.41) is 2.04. The number of hydrogen-bond acceptors (Lipinski definition) is 2. The Morgan fingerprint density at radius 1 is 0.923 bits per heavy atom. The number of carbonyl (C=O) groups is 1. The molecule has 1 N–H and O–H groups in total. The fraction of sp³-hybridized carbons (Fsp3) is 0.188. The number of ether oxygens (including phenoxy) is 1. The predicted octanol–water partition coefficient (Wildman–Crippen LogP) is 5.12. The van der Waals surface area contributed by atoms with E-state index < -0.39 is 40.8 Å². The van der Waals surface area contributed by atoms with Crippen LogP contribution in [0.3, 0.4) is 0 Å². The number of rotatable bonds is 3. The Hall–Kier alpha value is -2.78. The van der Waals surface area contributed by atoms with Gasteiger partial charge < -0.3 is 10.1 Å². The van der Waals surface area contributed by atoms with Gasteiger partial charge in [0.15, 0.2) is 11.6 Å². The molecule has 10 heteroatoms. The standard InChI is InChI=1S/C16H10F7NO2/c1-26-13-3-2-11(7-12(13)17)24-14(25)8-4-9(15(18,19)20)6-10(5-8)16(21,22)23/h2-7H,1H3,(H,24,25). The van der Waals surface area contributed by atoms with Crippen molar-refractivity contribution >= 4 is 11.6 Å². The number of benzene rings is 2. The maximum atomic E-state index is 13.6. The first kappa shape index (κ1) is 19.5. The van der Waals surface area contributed by atoms with E-state index in [0.717, 1.165) is 12.1 Å². The van der Waals surface area contributed by atoms with Gasteiger partial charge >= 0.3 is 12.4 Å². The minimum atomic E-state index is -5.08. The molecule has 0 spiro atoms. The monoisotopic (exact) mass is 381 g/mol. The summed E-state index contributed by atoms with van der Waals surface area (Å²) in [6.45, 7) is 0. The molecule has 0 aromatic heterocycles. The van der Waals surface area contributed by atoms with E-state index in [2.05, 4.69) is 4.74 Å². The van der Waals surface area contributed by atoms with Gasteiger partial charge in [-0.3, -0.25) is 4.79 Å². The molecule has 2 aromatic rings. The highest BCUT2D eigenvalue weighted by atomic mass is 19.4. The highest BCUT2D eigenvalue weighted by Gasteiger charge is 2.37. The highest BCUT2D eigenvalue weighted by Crippen LogP contribution is 2.36. The molecule has 2 aromatic carbocycles. The minimum Gasteiger partial charge on any atom is -0.494 e. The van der Waals surface area contributed by atoms with E-state index in [4.69, 9.17) is 0 Å². The van der Waals surface area contributed by atoms with Crippen molar-refractivity contribution in [2.24, 2.45) is 0 Å². The largest absolute Gasteiger partial charge is 0.494 e. The third-order valence-corrected chi connectivity index (χ3v) is 3.26. The van der Waals surface area contributed by atoms with Gasteiger partial charge in [0, 0.05) is 17.3 Å². The number of carbonyl (C=O) groups excluding carboxylic acids is 1. The molecule has 0 heterocycles.